The third kappa shape index (κ3) is 3.59. The smallest absolute Gasteiger partial charge is 0.335 e. The summed E-state index contributed by atoms with van der Waals surface area (Å²) in [5.41, 5.74) is -0.356. The number of rotatable bonds is 5. The summed E-state index contributed by atoms with van der Waals surface area (Å²) in [5.74, 6) is -1.77. The minimum absolute atomic E-state index is 0.156. The number of sulfonamides is 1. The second kappa shape index (κ2) is 6.25. The van der Waals surface area contributed by atoms with E-state index in [0.29, 0.717) is 5.75 Å². The molecule has 23 heavy (non-hydrogen) atoms. The minimum atomic E-state index is -4.14. The maximum atomic E-state index is 13.8. The molecule has 0 aliphatic heterocycles. The highest BCUT2D eigenvalue weighted by molar-refractivity contribution is 7.92. The van der Waals surface area contributed by atoms with E-state index >= 15 is 0 Å². The van der Waals surface area contributed by atoms with Gasteiger partial charge in [0.05, 0.1) is 17.6 Å². The first-order valence-corrected chi connectivity index (χ1v) is 7.93. The zero-order valence-corrected chi connectivity index (χ0v) is 13.1. The monoisotopic (exact) mass is 339 g/mol. The van der Waals surface area contributed by atoms with Gasteiger partial charge in [-0.25, -0.2) is 17.6 Å². The zero-order chi connectivity index (χ0) is 17.2. The Morgan fingerprint density at radius 2 is 1.83 bits per heavy atom. The van der Waals surface area contributed by atoms with Crippen LogP contribution in [0.4, 0.5) is 10.1 Å². The number of methoxy groups -OCH3 is 1. The van der Waals surface area contributed by atoms with Crippen LogP contribution in [0.15, 0.2) is 41.3 Å². The van der Waals surface area contributed by atoms with Crippen LogP contribution in [0.25, 0.3) is 0 Å². The van der Waals surface area contributed by atoms with E-state index in [1.165, 1.54) is 26.2 Å². The topological polar surface area (TPSA) is 92.7 Å². The molecule has 0 atom stereocenters. The van der Waals surface area contributed by atoms with E-state index in [9.17, 15) is 17.6 Å². The Labute approximate surface area is 132 Å². The molecular formula is C15H14FNO5S. The lowest BCUT2D eigenvalue weighted by Crippen LogP contribution is -2.16. The number of carboxylic acid groups (broad SMARTS) is 1. The molecule has 2 rings (SSSR count). The number of hydrogen-bond acceptors (Lipinski definition) is 4. The Kier molecular flexibility index (Phi) is 4.55. The maximum Gasteiger partial charge on any atom is 0.335 e. The molecule has 6 nitrogen and oxygen atoms in total. The summed E-state index contributed by atoms with van der Waals surface area (Å²) in [6.45, 7) is 1.27. The first-order chi connectivity index (χ1) is 10.7. The first-order valence-electron chi connectivity index (χ1n) is 6.45. The van der Waals surface area contributed by atoms with Crippen molar-refractivity contribution in [1.29, 1.82) is 0 Å². The second-order valence-electron chi connectivity index (χ2n) is 4.72. The van der Waals surface area contributed by atoms with E-state index in [4.69, 9.17) is 9.84 Å². The lowest BCUT2D eigenvalue weighted by Gasteiger charge is -2.12. The van der Waals surface area contributed by atoms with Crippen molar-refractivity contribution in [2.45, 2.75) is 11.8 Å². The van der Waals surface area contributed by atoms with Gasteiger partial charge in [0.2, 0.25) is 0 Å². The van der Waals surface area contributed by atoms with Crippen molar-refractivity contribution in [2.75, 3.05) is 11.8 Å². The molecule has 2 aromatic rings. The lowest BCUT2D eigenvalue weighted by atomic mass is 10.1. The van der Waals surface area contributed by atoms with Crippen molar-refractivity contribution in [3.63, 3.8) is 0 Å². The average Bonchev–Trinajstić information content (AvgIpc) is 2.49. The molecular weight excluding hydrogens is 325 g/mol. The summed E-state index contributed by atoms with van der Waals surface area (Å²) in [7, 11) is -2.66. The maximum absolute atomic E-state index is 13.8. The molecule has 0 aromatic heterocycles. The standard InChI is InChI=1S/C15H14FNO5S/c1-9-13(16)7-10(15(18)19)8-14(9)23(20,21)17-11-3-5-12(22-2)6-4-11/h3-8,17H,1-2H3,(H,18,19). The molecule has 0 aliphatic rings. The number of nitrogens with one attached hydrogen (secondary N) is 1. The van der Waals surface area contributed by atoms with Crippen LogP contribution < -0.4 is 9.46 Å². The summed E-state index contributed by atoms with van der Waals surface area (Å²) in [6, 6.07) is 7.76. The van der Waals surface area contributed by atoms with Gasteiger partial charge in [-0.3, -0.25) is 4.72 Å². The van der Waals surface area contributed by atoms with E-state index in [-0.39, 0.29) is 11.3 Å². The van der Waals surface area contributed by atoms with Gasteiger partial charge < -0.3 is 9.84 Å². The van der Waals surface area contributed by atoms with Crippen molar-refractivity contribution >= 4 is 21.7 Å². The van der Waals surface area contributed by atoms with Gasteiger partial charge in [0.25, 0.3) is 10.0 Å². The Hall–Kier alpha value is -2.61. The fraction of sp³-hybridized carbons (Fsp3) is 0.133. The number of carbonyl (C=O) groups is 1. The van der Waals surface area contributed by atoms with Gasteiger partial charge in [0.15, 0.2) is 0 Å². The van der Waals surface area contributed by atoms with Gasteiger partial charge in [-0.05, 0) is 43.3 Å². The van der Waals surface area contributed by atoms with Crippen LogP contribution in [0, 0.1) is 12.7 Å². The highest BCUT2D eigenvalue weighted by atomic mass is 32.2. The molecule has 0 radical (unpaired) electrons. The van der Waals surface area contributed by atoms with Crippen molar-refractivity contribution in [3.05, 3.63) is 53.3 Å². The Balaban J connectivity index is 2.44. The molecule has 0 aliphatic carbocycles. The third-order valence-corrected chi connectivity index (χ3v) is 4.68. The van der Waals surface area contributed by atoms with Crippen molar-refractivity contribution in [3.8, 4) is 5.75 Å². The number of ether oxygens (including phenoxy) is 1. The van der Waals surface area contributed by atoms with Gasteiger partial charge in [-0.2, -0.15) is 0 Å². The van der Waals surface area contributed by atoms with Crippen molar-refractivity contribution in [2.24, 2.45) is 0 Å². The first kappa shape index (κ1) is 16.8. The predicted octanol–water partition coefficient (Wildman–Crippen LogP) is 2.64. The van der Waals surface area contributed by atoms with Crippen LogP contribution in [0.2, 0.25) is 0 Å². The van der Waals surface area contributed by atoms with Crippen LogP contribution in [0.1, 0.15) is 15.9 Å². The number of aromatic carboxylic acids is 1. The van der Waals surface area contributed by atoms with Crippen LogP contribution in [0.5, 0.6) is 5.75 Å². The molecule has 2 N–H and O–H groups in total. The SMILES string of the molecule is COc1ccc(NS(=O)(=O)c2cc(C(=O)O)cc(F)c2C)cc1. The number of halogens is 1. The van der Waals surface area contributed by atoms with E-state index in [1.54, 1.807) is 12.1 Å². The summed E-state index contributed by atoms with van der Waals surface area (Å²) < 4.78 is 45.8. The third-order valence-electron chi connectivity index (χ3n) is 3.18. The van der Waals surface area contributed by atoms with Gasteiger partial charge in [0, 0.05) is 11.3 Å². The Morgan fingerprint density at radius 3 is 2.35 bits per heavy atom. The van der Waals surface area contributed by atoms with Gasteiger partial charge in [-0.1, -0.05) is 0 Å². The molecule has 0 saturated carbocycles. The molecule has 0 bridgehead atoms. The fourth-order valence-electron chi connectivity index (χ4n) is 1.93. The minimum Gasteiger partial charge on any atom is -0.497 e. The molecule has 0 spiro atoms. The van der Waals surface area contributed by atoms with E-state index in [2.05, 4.69) is 4.72 Å². The van der Waals surface area contributed by atoms with E-state index < -0.39 is 32.3 Å². The lowest BCUT2D eigenvalue weighted by molar-refractivity contribution is 0.0696. The van der Waals surface area contributed by atoms with Crippen molar-refractivity contribution in [1.82, 2.24) is 0 Å². The molecule has 0 saturated heterocycles. The van der Waals surface area contributed by atoms with Crippen LogP contribution in [0.3, 0.4) is 0 Å². The van der Waals surface area contributed by atoms with Crippen molar-refractivity contribution < 1.29 is 27.4 Å². The fourth-order valence-corrected chi connectivity index (χ4v) is 3.26. The van der Waals surface area contributed by atoms with E-state index in [0.717, 1.165) is 12.1 Å². The predicted molar refractivity (Wildman–Crippen MR) is 81.9 cm³/mol. The number of hydrogen-bond donors (Lipinski definition) is 2. The number of anilines is 1. The number of carboxylic acids is 1. The number of benzene rings is 2. The van der Waals surface area contributed by atoms with Gasteiger partial charge >= 0.3 is 5.97 Å². The Morgan fingerprint density at radius 1 is 1.22 bits per heavy atom. The molecule has 2 aromatic carbocycles. The average molecular weight is 339 g/mol. The summed E-state index contributed by atoms with van der Waals surface area (Å²) >= 11 is 0. The highest BCUT2D eigenvalue weighted by Crippen LogP contribution is 2.24. The second-order valence-corrected chi connectivity index (χ2v) is 6.37. The largest absolute Gasteiger partial charge is 0.497 e. The van der Waals surface area contributed by atoms with Gasteiger partial charge in [-0.15, -0.1) is 0 Å². The zero-order valence-electron chi connectivity index (χ0n) is 12.3. The molecule has 8 heteroatoms. The van der Waals surface area contributed by atoms with Crippen LogP contribution in [-0.4, -0.2) is 26.6 Å². The van der Waals surface area contributed by atoms with E-state index in [1.807, 2.05) is 0 Å². The highest BCUT2D eigenvalue weighted by Gasteiger charge is 2.22. The normalized spacial score (nSPS) is 11.1. The van der Waals surface area contributed by atoms with Crippen LogP contribution in [-0.2, 0) is 10.0 Å². The summed E-state index contributed by atoms with van der Waals surface area (Å²) in [6.07, 6.45) is 0. The summed E-state index contributed by atoms with van der Waals surface area (Å²) in [4.78, 5) is 10.6. The van der Waals surface area contributed by atoms with Crippen LogP contribution >= 0.6 is 0 Å². The molecule has 0 unspecified atom stereocenters. The summed E-state index contributed by atoms with van der Waals surface area (Å²) in [5, 5.41) is 8.94. The molecule has 122 valence electrons. The van der Waals surface area contributed by atoms with Gasteiger partial charge in [0.1, 0.15) is 11.6 Å². The Bertz CT molecular complexity index is 847. The quantitative estimate of drug-likeness (QED) is 0.873. The molecule has 0 fully saturated rings. The molecule has 0 amide bonds. The molecule has 0 heterocycles.